The zero-order valence-electron chi connectivity index (χ0n) is 17.2. The average Bonchev–Trinajstić information content (AvgIpc) is 3.11. The lowest BCUT2D eigenvalue weighted by molar-refractivity contribution is 0.0744. The summed E-state index contributed by atoms with van der Waals surface area (Å²) in [6, 6.07) is 3.95. The molecule has 2 aromatic rings. The Morgan fingerprint density at radius 3 is 2.55 bits per heavy atom. The Morgan fingerprint density at radius 2 is 1.86 bits per heavy atom. The number of anilines is 2. The number of amides is 1. The first kappa shape index (κ1) is 19.7. The van der Waals surface area contributed by atoms with Crippen LogP contribution in [0.25, 0.3) is 0 Å². The van der Waals surface area contributed by atoms with E-state index in [2.05, 4.69) is 19.8 Å². The number of piperidine rings is 1. The summed E-state index contributed by atoms with van der Waals surface area (Å²) >= 11 is 0. The molecule has 8 nitrogen and oxygen atoms in total. The van der Waals surface area contributed by atoms with Crippen LogP contribution in [-0.2, 0) is 0 Å². The van der Waals surface area contributed by atoms with Crippen molar-refractivity contribution in [3.63, 3.8) is 0 Å². The van der Waals surface area contributed by atoms with Gasteiger partial charge in [0, 0.05) is 38.8 Å². The molecule has 0 radical (unpaired) electrons. The Hall–Kier alpha value is -2.61. The van der Waals surface area contributed by atoms with Crippen molar-refractivity contribution in [1.82, 2.24) is 14.9 Å². The van der Waals surface area contributed by atoms with Crippen LogP contribution in [0.15, 0.2) is 22.9 Å². The quantitative estimate of drug-likeness (QED) is 0.841. The van der Waals surface area contributed by atoms with Crippen LogP contribution >= 0.6 is 0 Å². The molecule has 0 aromatic carbocycles. The zero-order valence-corrected chi connectivity index (χ0v) is 17.2. The van der Waals surface area contributed by atoms with Gasteiger partial charge in [-0.3, -0.25) is 4.79 Å². The summed E-state index contributed by atoms with van der Waals surface area (Å²) < 4.78 is 5.51. The van der Waals surface area contributed by atoms with Gasteiger partial charge in [0.05, 0.1) is 18.2 Å². The van der Waals surface area contributed by atoms with Crippen LogP contribution in [0.2, 0.25) is 0 Å². The molecule has 0 spiro atoms. The molecule has 0 aliphatic carbocycles. The van der Waals surface area contributed by atoms with Gasteiger partial charge in [-0.15, -0.1) is 0 Å². The predicted octanol–water partition coefficient (Wildman–Crippen LogP) is 2.00. The smallest absolute Gasteiger partial charge is 0.257 e. The summed E-state index contributed by atoms with van der Waals surface area (Å²) in [6.45, 7) is 7.48. The number of carbonyl (C=O) groups is 1. The second-order valence-electron chi connectivity index (χ2n) is 7.87. The molecule has 1 N–H and O–H groups in total. The molecule has 1 unspecified atom stereocenters. The molecule has 4 heterocycles. The molecular formula is C21H29N5O3. The van der Waals surface area contributed by atoms with Crippen molar-refractivity contribution in [1.29, 1.82) is 0 Å². The monoisotopic (exact) mass is 399 g/mol. The van der Waals surface area contributed by atoms with Gasteiger partial charge in [0.2, 0.25) is 0 Å². The number of hydrogen-bond donors (Lipinski definition) is 1. The highest BCUT2D eigenvalue weighted by Crippen LogP contribution is 2.26. The number of rotatable bonds is 4. The number of aryl methyl sites for hydroxylation is 2. The van der Waals surface area contributed by atoms with E-state index in [0.29, 0.717) is 24.4 Å². The predicted molar refractivity (Wildman–Crippen MR) is 110 cm³/mol. The number of aliphatic hydroxyl groups is 1. The molecule has 1 atom stereocenters. The Labute approximate surface area is 171 Å². The van der Waals surface area contributed by atoms with Gasteiger partial charge in [-0.05, 0) is 39.2 Å². The number of aromatic nitrogens is 2. The summed E-state index contributed by atoms with van der Waals surface area (Å²) in [7, 11) is 0. The van der Waals surface area contributed by atoms with E-state index in [1.54, 1.807) is 6.33 Å². The number of furan rings is 1. The second-order valence-corrected chi connectivity index (χ2v) is 7.87. The van der Waals surface area contributed by atoms with Crippen LogP contribution < -0.4 is 9.80 Å². The molecule has 2 fully saturated rings. The van der Waals surface area contributed by atoms with Crippen molar-refractivity contribution in [2.75, 3.05) is 49.1 Å². The Balaban J connectivity index is 1.42. The van der Waals surface area contributed by atoms with E-state index >= 15 is 0 Å². The molecule has 8 heteroatoms. The molecule has 0 bridgehead atoms. The molecule has 4 rings (SSSR count). The number of nitrogens with zero attached hydrogens (tertiary/aromatic N) is 5. The van der Waals surface area contributed by atoms with E-state index in [1.165, 1.54) is 0 Å². The number of hydrogen-bond acceptors (Lipinski definition) is 7. The molecule has 29 heavy (non-hydrogen) atoms. The molecule has 0 saturated carbocycles. The minimum absolute atomic E-state index is 0.0291. The standard InChI is InChI=1S/C21H29N5O3/c1-15-11-18(16(2)29-15)21(28)25-9-7-24(8-10-25)19-12-20(23-14-22-19)26-6-4-3-5-17(26)13-27/h11-12,14,17,27H,3-10,13H2,1-2H3. The largest absolute Gasteiger partial charge is 0.466 e. The van der Waals surface area contributed by atoms with Crippen molar-refractivity contribution >= 4 is 17.5 Å². The number of aliphatic hydroxyl groups excluding tert-OH is 1. The maximum atomic E-state index is 12.8. The van der Waals surface area contributed by atoms with Gasteiger partial charge >= 0.3 is 0 Å². The second kappa shape index (κ2) is 8.41. The van der Waals surface area contributed by atoms with Crippen molar-refractivity contribution in [3.8, 4) is 0 Å². The van der Waals surface area contributed by atoms with E-state index in [0.717, 1.165) is 56.3 Å². The summed E-state index contributed by atoms with van der Waals surface area (Å²) in [5.41, 5.74) is 0.653. The molecule has 2 aliphatic rings. The van der Waals surface area contributed by atoms with Gasteiger partial charge in [-0.25, -0.2) is 9.97 Å². The van der Waals surface area contributed by atoms with E-state index < -0.39 is 0 Å². The van der Waals surface area contributed by atoms with Gasteiger partial charge in [0.1, 0.15) is 29.5 Å². The number of piperazine rings is 1. The first-order chi connectivity index (χ1) is 14.1. The maximum absolute atomic E-state index is 12.8. The third-order valence-corrected chi connectivity index (χ3v) is 5.93. The summed E-state index contributed by atoms with van der Waals surface area (Å²) in [5.74, 6) is 3.21. The topological polar surface area (TPSA) is 85.9 Å². The minimum Gasteiger partial charge on any atom is -0.466 e. The van der Waals surface area contributed by atoms with Gasteiger partial charge in [-0.1, -0.05) is 0 Å². The van der Waals surface area contributed by atoms with Gasteiger partial charge in [0.25, 0.3) is 5.91 Å². The summed E-state index contributed by atoms with van der Waals surface area (Å²) in [4.78, 5) is 28.0. The highest BCUT2D eigenvalue weighted by molar-refractivity contribution is 5.95. The molecule has 1 amide bonds. The Kier molecular flexibility index (Phi) is 5.71. The highest BCUT2D eigenvalue weighted by Gasteiger charge is 2.27. The Morgan fingerprint density at radius 1 is 1.10 bits per heavy atom. The first-order valence-electron chi connectivity index (χ1n) is 10.4. The fourth-order valence-corrected chi connectivity index (χ4v) is 4.31. The molecule has 2 saturated heterocycles. The lowest BCUT2D eigenvalue weighted by Gasteiger charge is -2.37. The minimum atomic E-state index is 0.0291. The fraction of sp³-hybridized carbons (Fsp3) is 0.571. The van der Waals surface area contributed by atoms with Crippen molar-refractivity contribution < 1.29 is 14.3 Å². The highest BCUT2D eigenvalue weighted by atomic mass is 16.3. The third-order valence-electron chi connectivity index (χ3n) is 5.93. The molecular weight excluding hydrogens is 370 g/mol. The maximum Gasteiger partial charge on any atom is 0.257 e. The summed E-state index contributed by atoms with van der Waals surface area (Å²) in [5, 5.41) is 9.70. The normalized spacial score (nSPS) is 20.2. The average molecular weight is 399 g/mol. The van der Waals surface area contributed by atoms with Crippen molar-refractivity contribution in [2.24, 2.45) is 0 Å². The van der Waals surface area contributed by atoms with Crippen LogP contribution in [0.1, 0.15) is 41.1 Å². The summed E-state index contributed by atoms with van der Waals surface area (Å²) in [6.07, 6.45) is 4.85. The van der Waals surface area contributed by atoms with Gasteiger partial charge < -0.3 is 24.2 Å². The van der Waals surface area contributed by atoms with Crippen LogP contribution in [0, 0.1) is 13.8 Å². The molecule has 2 aliphatic heterocycles. The van der Waals surface area contributed by atoms with Gasteiger partial charge in [-0.2, -0.15) is 0 Å². The SMILES string of the molecule is Cc1cc(C(=O)N2CCN(c3cc(N4CCCCC4CO)ncn3)CC2)c(C)o1. The zero-order chi connectivity index (χ0) is 20.4. The van der Waals surface area contributed by atoms with Gasteiger partial charge in [0.15, 0.2) is 0 Å². The van der Waals surface area contributed by atoms with Crippen LogP contribution in [0.4, 0.5) is 11.6 Å². The van der Waals surface area contributed by atoms with Crippen molar-refractivity contribution in [2.45, 2.75) is 39.2 Å². The van der Waals surface area contributed by atoms with Crippen LogP contribution in [-0.4, -0.2) is 71.3 Å². The lowest BCUT2D eigenvalue weighted by Crippen LogP contribution is -2.49. The Bertz CT molecular complexity index is 860. The van der Waals surface area contributed by atoms with E-state index in [9.17, 15) is 9.90 Å². The van der Waals surface area contributed by atoms with E-state index in [4.69, 9.17) is 4.42 Å². The van der Waals surface area contributed by atoms with Crippen molar-refractivity contribution in [3.05, 3.63) is 35.5 Å². The fourth-order valence-electron chi connectivity index (χ4n) is 4.31. The molecule has 2 aromatic heterocycles. The third kappa shape index (κ3) is 4.07. The van der Waals surface area contributed by atoms with E-state index in [1.807, 2.05) is 30.9 Å². The first-order valence-corrected chi connectivity index (χ1v) is 10.4. The number of carbonyl (C=O) groups excluding carboxylic acids is 1. The van der Waals surface area contributed by atoms with E-state index in [-0.39, 0.29) is 18.6 Å². The van der Waals surface area contributed by atoms with Crippen LogP contribution in [0.3, 0.4) is 0 Å². The van der Waals surface area contributed by atoms with Crippen LogP contribution in [0.5, 0.6) is 0 Å². The lowest BCUT2D eigenvalue weighted by atomic mass is 10.0. The molecule has 156 valence electrons.